The monoisotopic (exact) mass is 280 g/mol. The van der Waals surface area contributed by atoms with E-state index in [0.29, 0.717) is 21.2 Å². The summed E-state index contributed by atoms with van der Waals surface area (Å²) in [5, 5.41) is 9.88. The largest absolute Gasteiger partial charge is 0.392 e. The molecule has 0 amide bonds. The van der Waals surface area contributed by atoms with Gasteiger partial charge in [-0.05, 0) is 29.3 Å². The third kappa shape index (κ3) is 3.19. The van der Waals surface area contributed by atoms with Crippen molar-refractivity contribution in [1.82, 2.24) is 0 Å². The van der Waals surface area contributed by atoms with Gasteiger partial charge < -0.3 is 5.11 Å². The van der Waals surface area contributed by atoms with Gasteiger partial charge in [0.25, 0.3) is 0 Å². The highest BCUT2D eigenvalue weighted by atomic mass is 35.5. The van der Waals surface area contributed by atoms with Crippen molar-refractivity contribution in [2.75, 3.05) is 0 Å². The van der Waals surface area contributed by atoms with Crippen molar-refractivity contribution in [3.05, 3.63) is 64.7 Å². The Hall–Kier alpha value is -1.16. The van der Waals surface area contributed by atoms with E-state index >= 15 is 0 Å². The fourth-order valence-electron chi connectivity index (χ4n) is 1.67. The van der Waals surface area contributed by atoms with Gasteiger partial charge in [-0.25, -0.2) is 0 Å². The van der Waals surface area contributed by atoms with Gasteiger partial charge in [-0.2, -0.15) is 0 Å². The molecule has 4 heteroatoms. The van der Waals surface area contributed by atoms with Crippen LogP contribution in [-0.2, 0) is 23.2 Å². The highest BCUT2D eigenvalue weighted by Gasteiger charge is 2.09. The SMILES string of the molecule is O=S(Cc1ccc(Cl)cc1)c1ccccc1CO. The Morgan fingerprint density at radius 2 is 1.72 bits per heavy atom. The van der Waals surface area contributed by atoms with Crippen molar-refractivity contribution in [3.63, 3.8) is 0 Å². The standard InChI is InChI=1S/C14H13ClO2S/c15-13-7-5-11(6-8-13)10-18(17)14-4-2-1-3-12(14)9-16/h1-8,16H,9-10H2. The number of hydrogen-bond acceptors (Lipinski definition) is 2. The van der Waals surface area contributed by atoms with Crippen molar-refractivity contribution in [3.8, 4) is 0 Å². The molecule has 0 aromatic heterocycles. The van der Waals surface area contributed by atoms with Crippen LogP contribution in [0.15, 0.2) is 53.4 Å². The summed E-state index contributed by atoms with van der Waals surface area (Å²) in [4.78, 5) is 0.690. The van der Waals surface area contributed by atoms with E-state index in [4.69, 9.17) is 11.6 Å². The molecule has 0 heterocycles. The van der Waals surface area contributed by atoms with Gasteiger partial charge >= 0.3 is 0 Å². The van der Waals surface area contributed by atoms with Gasteiger partial charge in [0, 0.05) is 9.92 Å². The second kappa shape index (κ2) is 6.14. The smallest absolute Gasteiger partial charge is 0.0693 e. The lowest BCUT2D eigenvalue weighted by molar-refractivity contribution is 0.278. The molecule has 2 nitrogen and oxygen atoms in total. The van der Waals surface area contributed by atoms with Crippen molar-refractivity contribution < 1.29 is 9.32 Å². The van der Waals surface area contributed by atoms with E-state index in [2.05, 4.69) is 0 Å². The molecule has 0 saturated heterocycles. The first kappa shape index (κ1) is 13.3. The van der Waals surface area contributed by atoms with E-state index in [1.807, 2.05) is 24.3 Å². The Kier molecular flexibility index (Phi) is 4.53. The molecule has 0 aliphatic carbocycles. The zero-order chi connectivity index (χ0) is 13.0. The first-order valence-corrected chi connectivity index (χ1v) is 7.22. The zero-order valence-electron chi connectivity index (χ0n) is 9.67. The summed E-state index contributed by atoms with van der Waals surface area (Å²) in [7, 11) is -1.16. The van der Waals surface area contributed by atoms with Crippen LogP contribution >= 0.6 is 11.6 Å². The van der Waals surface area contributed by atoms with E-state index in [1.54, 1.807) is 24.3 Å². The van der Waals surface area contributed by atoms with Gasteiger partial charge in [0.1, 0.15) is 0 Å². The highest BCUT2D eigenvalue weighted by Crippen LogP contribution is 2.18. The number of halogens is 1. The third-order valence-electron chi connectivity index (χ3n) is 2.60. The van der Waals surface area contributed by atoms with E-state index in [9.17, 15) is 9.32 Å². The maximum atomic E-state index is 12.2. The average Bonchev–Trinajstić information content (AvgIpc) is 2.41. The molecule has 18 heavy (non-hydrogen) atoms. The second-order valence-electron chi connectivity index (χ2n) is 3.88. The van der Waals surface area contributed by atoms with E-state index < -0.39 is 10.8 Å². The van der Waals surface area contributed by atoms with Crippen LogP contribution in [0.1, 0.15) is 11.1 Å². The molecule has 94 valence electrons. The maximum Gasteiger partial charge on any atom is 0.0693 e. The molecule has 2 aromatic rings. The second-order valence-corrected chi connectivity index (χ2v) is 5.74. The van der Waals surface area contributed by atoms with Gasteiger partial charge in [0.05, 0.1) is 23.2 Å². The van der Waals surface area contributed by atoms with Crippen LogP contribution in [0.5, 0.6) is 0 Å². The molecule has 1 atom stereocenters. The first-order chi connectivity index (χ1) is 8.70. The molecule has 0 aliphatic heterocycles. The van der Waals surface area contributed by atoms with Crippen molar-refractivity contribution in [2.45, 2.75) is 17.3 Å². The number of hydrogen-bond donors (Lipinski definition) is 1. The molecule has 0 aliphatic rings. The molecule has 0 bridgehead atoms. The Morgan fingerprint density at radius 3 is 2.39 bits per heavy atom. The molecule has 1 N–H and O–H groups in total. The van der Waals surface area contributed by atoms with Crippen molar-refractivity contribution >= 4 is 22.4 Å². The number of aliphatic hydroxyl groups excluding tert-OH is 1. The topological polar surface area (TPSA) is 37.3 Å². The number of rotatable bonds is 4. The minimum Gasteiger partial charge on any atom is -0.392 e. The molecule has 0 fully saturated rings. The molecule has 0 radical (unpaired) electrons. The fraction of sp³-hybridized carbons (Fsp3) is 0.143. The first-order valence-electron chi connectivity index (χ1n) is 5.52. The van der Waals surface area contributed by atoms with Crippen LogP contribution in [0.3, 0.4) is 0 Å². The Morgan fingerprint density at radius 1 is 1.06 bits per heavy atom. The van der Waals surface area contributed by atoms with Gasteiger partial charge in [-0.3, -0.25) is 4.21 Å². The van der Waals surface area contributed by atoms with Crippen LogP contribution in [0.25, 0.3) is 0 Å². The highest BCUT2D eigenvalue weighted by molar-refractivity contribution is 7.84. The molecular formula is C14H13ClO2S. The van der Waals surface area contributed by atoms with Crippen LogP contribution in [0.2, 0.25) is 5.02 Å². The summed E-state index contributed by atoms with van der Waals surface area (Å²) >= 11 is 5.80. The molecule has 0 spiro atoms. The summed E-state index contributed by atoms with van der Waals surface area (Å²) in [5.74, 6) is 0.425. The molecule has 2 aromatic carbocycles. The van der Waals surface area contributed by atoms with Gasteiger partial charge in [-0.15, -0.1) is 0 Å². The summed E-state index contributed by atoms with van der Waals surface area (Å²) in [6.45, 7) is -0.0947. The van der Waals surface area contributed by atoms with Gasteiger partial charge in [0.2, 0.25) is 0 Å². The molecular weight excluding hydrogens is 268 g/mol. The molecule has 1 unspecified atom stereocenters. The maximum absolute atomic E-state index is 12.2. The third-order valence-corrected chi connectivity index (χ3v) is 4.34. The molecule has 0 saturated carbocycles. The summed E-state index contributed by atoms with van der Waals surface area (Å²) in [6.07, 6.45) is 0. The van der Waals surface area contributed by atoms with Crippen LogP contribution < -0.4 is 0 Å². The van der Waals surface area contributed by atoms with Gasteiger partial charge in [0.15, 0.2) is 0 Å². The lowest BCUT2D eigenvalue weighted by atomic mass is 10.2. The van der Waals surface area contributed by atoms with E-state index in [-0.39, 0.29) is 6.61 Å². The summed E-state index contributed by atoms with van der Waals surface area (Å²) < 4.78 is 12.2. The zero-order valence-corrected chi connectivity index (χ0v) is 11.2. The summed E-state index contributed by atoms with van der Waals surface area (Å²) in [6, 6.07) is 14.5. The summed E-state index contributed by atoms with van der Waals surface area (Å²) in [5.41, 5.74) is 1.68. The normalized spacial score (nSPS) is 12.3. The predicted octanol–water partition coefficient (Wildman–Crippen LogP) is 3.14. The molecule has 2 rings (SSSR count). The Bertz CT molecular complexity index is 552. The minimum absolute atomic E-state index is 0.0947. The number of benzene rings is 2. The average molecular weight is 281 g/mol. The predicted molar refractivity (Wildman–Crippen MR) is 73.9 cm³/mol. The van der Waals surface area contributed by atoms with Crippen molar-refractivity contribution in [1.29, 1.82) is 0 Å². The van der Waals surface area contributed by atoms with Crippen LogP contribution in [0.4, 0.5) is 0 Å². The van der Waals surface area contributed by atoms with Crippen molar-refractivity contribution in [2.24, 2.45) is 0 Å². The minimum atomic E-state index is -1.16. The fourth-order valence-corrected chi connectivity index (χ4v) is 3.10. The lowest BCUT2D eigenvalue weighted by Crippen LogP contribution is -2.00. The quantitative estimate of drug-likeness (QED) is 0.934. The lowest BCUT2D eigenvalue weighted by Gasteiger charge is -2.07. The Balaban J connectivity index is 2.19. The van der Waals surface area contributed by atoms with E-state index in [1.165, 1.54) is 0 Å². The number of aliphatic hydroxyl groups is 1. The van der Waals surface area contributed by atoms with Gasteiger partial charge in [-0.1, -0.05) is 41.9 Å². The van der Waals surface area contributed by atoms with E-state index in [0.717, 1.165) is 5.56 Å². The Labute approximate surface area is 114 Å². The van der Waals surface area contributed by atoms with Crippen LogP contribution in [0, 0.1) is 0 Å². The van der Waals surface area contributed by atoms with Crippen LogP contribution in [-0.4, -0.2) is 9.32 Å².